The molecule has 1 saturated heterocycles. The highest BCUT2D eigenvalue weighted by Crippen LogP contribution is 2.33. The smallest absolute Gasteiger partial charge is 0.307 e. The summed E-state index contributed by atoms with van der Waals surface area (Å²) in [7, 11) is 1.52. The predicted molar refractivity (Wildman–Crippen MR) is 135 cm³/mol. The number of amides is 1. The first-order valence-corrected chi connectivity index (χ1v) is 12.2. The number of benzene rings is 2. The van der Waals surface area contributed by atoms with Crippen molar-refractivity contribution >= 4 is 45.1 Å². The Bertz CT molecular complexity index is 1210. The van der Waals surface area contributed by atoms with Gasteiger partial charge in [0.1, 0.15) is 5.01 Å². The second-order valence-electron chi connectivity index (χ2n) is 8.48. The molecule has 1 aromatic heterocycles. The molecule has 1 fully saturated rings. The molecule has 0 saturated carbocycles. The molecule has 1 N–H and O–H groups in total. The number of morpholine rings is 1. The van der Waals surface area contributed by atoms with Gasteiger partial charge in [-0.15, -0.1) is 11.3 Å². The van der Waals surface area contributed by atoms with Crippen molar-refractivity contribution in [1.29, 1.82) is 0 Å². The van der Waals surface area contributed by atoms with E-state index in [2.05, 4.69) is 4.98 Å². The van der Waals surface area contributed by atoms with Crippen LogP contribution < -0.4 is 9.47 Å². The van der Waals surface area contributed by atoms with Gasteiger partial charge in [0.2, 0.25) is 0 Å². The van der Waals surface area contributed by atoms with Crippen LogP contribution in [0.1, 0.15) is 30.8 Å². The second kappa shape index (κ2) is 10.9. The number of rotatable bonds is 8. The molecule has 2 aromatic carbocycles. The molecule has 0 radical (unpaired) electrons. The van der Waals surface area contributed by atoms with Crippen LogP contribution in [0.3, 0.4) is 0 Å². The highest BCUT2D eigenvalue weighted by atomic mass is 32.1. The molecule has 0 aliphatic carbocycles. The molecular weight excluding hydrogens is 468 g/mol. The Balaban J connectivity index is 1.52. The van der Waals surface area contributed by atoms with E-state index < -0.39 is 5.97 Å². The molecule has 8 nitrogen and oxygen atoms in total. The summed E-state index contributed by atoms with van der Waals surface area (Å²) in [5.74, 6) is -0.161. The van der Waals surface area contributed by atoms with E-state index in [9.17, 15) is 14.7 Å². The van der Waals surface area contributed by atoms with E-state index in [0.717, 1.165) is 15.8 Å². The number of carbonyl (C=O) groups excluding carboxylic acids is 1. The Hall–Kier alpha value is -3.43. The standard InChI is InChI=1S/C26H28N2O6S/c1-16-13-28(14-17(2)34-16)24(29)15-33-21-9-8-18(11-22(21)32-3)10-19(12-25(30)31)26-27-20-6-4-5-7-23(20)35-26/h4-11,16-17H,12-15H2,1-3H3,(H,30,31). The number of aromatic nitrogens is 1. The fraction of sp³-hybridized carbons (Fsp3) is 0.346. The lowest BCUT2D eigenvalue weighted by Gasteiger charge is -2.35. The van der Waals surface area contributed by atoms with Gasteiger partial charge in [-0.2, -0.15) is 0 Å². The fourth-order valence-corrected chi connectivity index (χ4v) is 5.05. The van der Waals surface area contributed by atoms with Crippen LogP contribution >= 0.6 is 11.3 Å². The van der Waals surface area contributed by atoms with Crippen LogP contribution in [0, 0.1) is 0 Å². The van der Waals surface area contributed by atoms with Gasteiger partial charge in [-0.1, -0.05) is 18.2 Å². The summed E-state index contributed by atoms with van der Waals surface area (Å²) in [6.07, 6.45) is 1.60. The van der Waals surface area contributed by atoms with Crippen molar-refractivity contribution in [3.8, 4) is 11.5 Å². The number of methoxy groups -OCH3 is 1. The molecule has 184 valence electrons. The average molecular weight is 497 g/mol. The quantitative estimate of drug-likeness (QED) is 0.496. The first-order chi connectivity index (χ1) is 16.8. The highest BCUT2D eigenvalue weighted by Gasteiger charge is 2.26. The number of carboxylic acids is 1. The number of hydrogen-bond acceptors (Lipinski definition) is 7. The van der Waals surface area contributed by atoms with E-state index >= 15 is 0 Å². The molecule has 1 aliphatic heterocycles. The van der Waals surface area contributed by atoms with Crippen LogP contribution in [0.5, 0.6) is 11.5 Å². The Morgan fingerprint density at radius 2 is 1.91 bits per heavy atom. The van der Waals surface area contributed by atoms with E-state index in [1.54, 1.807) is 29.2 Å². The normalized spacial score (nSPS) is 18.5. The summed E-state index contributed by atoms with van der Waals surface area (Å²) in [4.78, 5) is 30.5. The van der Waals surface area contributed by atoms with Gasteiger partial charge in [0.05, 0.1) is 36.0 Å². The molecule has 3 aromatic rings. The minimum atomic E-state index is -0.937. The maximum atomic E-state index is 12.6. The molecule has 1 amide bonds. The summed E-state index contributed by atoms with van der Waals surface area (Å²) in [6, 6.07) is 13.0. The number of fused-ring (bicyclic) bond motifs is 1. The van der Waals surface area contributed by atoms with Gasteiger partial charge < -0.3 is 24.2 Å². The second-order valence-corrected chi connectivity index (χ2v) is 9.51. The van der Waals surface area contributed by atoms with E-state index in [1.807, 2.05) is 38.1 Å². The van der Waals surface area contributed by atoms with Crippen molar-refractivity contribution in [2.75, 3.05) is 26.8 Å². The van der Waals surface area contributed by atoms with Crippen molar-refractivity contribution in [3.63, 3.8) is 0 Å². The maximum Gasteiger partial charge on any atom is 0.307 e. The zero-order chi connectivity index (χ0) is 24.9. The van der Waals surface area contributed by atoms with Gasteiger partial charge in [0.15, 0.2) is 18.1 Å². The number of thiazole rings is 1. The summed E-state index contributed by atoms with van der Waals surface area (Å²) in [5, 5.41) is 10.1. The van der Waals surface area contributed by atoms with Crippen molar-refractivity contribution in [1.82, 2.24) is 9.88 Å². The van der Waals surface area contributed by atoms with Crippen LogP contribution in [0.25, 0.3) is 21.9 Å². The van der Waals surface area contributed by atoms with Crippen molar-refractivity contribution in [2.45, 2.75) is 32.5 Å². The van der Waals surface area contributed by atoms with E-state index in [4.69, 9.17) is 14.2 Å². The van der Waals surface area contributed by atoms with Gasteiger partial charge in [-0.05, 0) is 55.3 Å². The number of ether oxygens (including phenoxy) is 3. The van der Waals surface area contributed by atoms with E-state index in [0.29, 0.717) is 35.2 Å². The lowest BCUT2D eigenvalue weighted by atomic mass is 10.1. The van der Waals surface area contributed by atoms with Crippen molar-refractivity contribution < 1.29 is 28.9 Å². The molecule has 0 spiro atoms. The molecule has 1 aliphatic rings. The zero-order valence-corrected chi connectivity index (χ0v) is 20.7. The highest BCUT2D eigenvalue weighted by molar-refractivity contribution is 7.19. The lowest BCUT2D eigenvalue weighted by molar-refractivity contribution is -0.145. The number of carboxylic acid groups (broad SMARTS) is 1. The molecule has 2 heterocycles. The van der Waals surface area contributed by atoms with Crippen LogP contribution in [-0.4, -0.2) is 65.9 Å². The average Bonchev–Trinajstić information content (AvgIpc) is 3.26. The summed E-state index contributed by atoms with van der Waals surface area (Å²) in [5.41, 5.74) is 2.17. The van der Waals surface area contributed by atoms with Gasteiger partial charge in [-0.25, -0.2) is 4.98 Å². The largest absolute Gasteiger partial charge is 0.493 e. The van der Waals surface area contributed by atoms with Crippen LogP contribution in [0.4, 0.5) is 0 Å². The number of nitrogens with zero attached hydrogens (tertiary/aromatic N) is 2. The molecule has 2 atom stereocenters. The Morgan fingerprint density at radius 1 is 1.17 bits per heavy atom. The molecule has 0 bridgehead atoms. The lowest BCUT2D eigenvalue weighted by Crippen LogP contribution is -2.49. The maximum absolute atomic E-state index is 12.6. The Labute approximate surface area is 207 Å². The molecule has 9 heteroatoms. The van der Waals surface area contributed by atoms with Crippen LogP contribution in [0.15, 0.2) is 42.5 Å². The topological polar surface area (TPSA) is 98.2 Å². The van der Waals surface area contributed by atoms with E-state index in [1.165, 1.54) is 18.4 Å². The van der Waals surface area contributed by atoms with Gasteiger partial charge >= 0.3 is 5.97 Å². The minimum absolute atomic E-state index is 0.0151. The summed E-state index contributed by atoms with van der Waals surface area (Å²) in [6.45, 7) is 4.84. The molecule has 35 heavy (non-hydrogen) atoms. The third kappa shape index (κ3) is 6.17. The molecule has 2 unspecified atom stereocenters. The predicted octanol–water partition coefficient (Wildman–Crippen LogP) is 4.33. The van der Waals surface area contributed by atoms with Gasteiger partial charge in [0.25, 0.3) is 5.91 Å². The van der Waals surface area contributed by atoms with Crippen molar-refractivity contribution in [3.05, 3.63) is 53.0 Å². The number of aliphatic carboxylic acids is 1. The third-order valence-corrected chi connectivity index (χ3v) is 6.67. The van der Waals surface area contributed by atoms with Crippen molar-refractivity contribution in [2.24, 2.45) is 0 Å². The number of hydrogen-bond donors (Lipinski definition) is 1. The first-order valence-electron chi connectivity index (χ1n) is 11.3. The molecule has 4 rings (SSSR count). The Kier molecular flexibility index (Phi) is 7.67. The van der Waals surface area contributed by atoms with Gasteiger partial charge in [-0.3, -0.25) is 9.59 Å². The van der Waals surface area contributed by atoms with Crippen LogP contribution in [0.2, 0.25) is 0 Å². The molecular formula is C26H28N2O6S. The SMILES string of the molecule is COc1cc(C=C(CC(=O)O)c2nc3ccccc3s2)ccc1OCC(=O)N1CC(C)OC(C)C1. The number of carbonyl (C=O) groups is 2. The van der Waals surface area contributed by atoms with Crippen LogP contribution in [-0.2, 0) is 14.3 Å². The zero-order valence-electron chi connectivity index (χ0n) is 19.9. The third-order valence-electron chi connectivity index (χ3n) is 5.56. The summed E-state index contributed by atoms with van der Waals surface area (Å²) < 4.78 is 17.9. The minimum Gasteiger partial charge on any atom is -0.493 e. The fourth-order valence-electron chi connectivity index (χ4n) is 4.07. The first kappa shape index (κ1) is 24.7. The van der Waals surface area contributed by atoms with Gasteiger partial charge in [0, 0.05) is 13.1 Å². The number of para-hydroxylation sites is 1. The van der Waals surface area contributed by atoms with E-state index in [-0.39, 0.29) is 31.1 Å². The summed E-state index contributed by atoms with van der Waals surface area (Å²) >= 11 is 1.46. The monoisotopic (exact) mass is 496 g/mol. The Morgan fingerprint density at radius 3 is 2.60 bits per heavy atom.